The molecule has 3 amide bonds. The Hall–Kier alpha value is -9.62. The summed E-state index contributed by atoms with van der Waals surface area (Å²) < 4.78 is 112. The summed E-state index contributed by atoms with van der Waals surface area (Å²) in [5.41, 5.74) is 5.82. The van der Waals surface area contributed by atoms with E-state index in [9.17, 15) is 35.6 Å². The molecular weight excluding hydrogens is 1370 g/mol. The number of halogens is 2. The van der Waals surface area contributed by atoms with E-state index in [-0.39, 0.29) is 39.2 Å². The second-order valence-electron chi connectivity index (χ2n) is 26.8. The highest BCUT2D eigenvalue weighted by Crippen LogP contribution is 2.51. The first-order valence-corrected chi connectivity index (χ1v) is 37.8. The van der Waals surface area contributed by atoms with Gasteiger partial charge in [0.15, 0.2) is 42.4 Å². The fourth-order valence-electron chi connectivity index (χ4n) is 14.5. The first-order valence-electron chi connectivity index (χ1n) is 34.0. The summed E-state index contributed by atoms with van der Waals surface area (Å²) in [5, 5.41) is 4.83. The highest BCUT2D eigenvalue weighted by atomic mass is 35.5. The van der Waals surface area contributed by atoms with Crippen LogP contribution in [0.2, 0.25) is 5.02 Å². The summed E-state index contributed by atoms with van der Waals surface area (Å²) in [4.78, 5) is 45.2. The number of aromatic nitrogens is 4. The number of piperidine rings is 3. The Morgan fingerprint density at radius 1 is 0.588 bits per heavy atom. The van der Waals surface area contributed by atoms with Gasteiger partial charge in [0.1, 0.15) is 51.6 Å². The van der Waals surface area contributed by atoms with Gasteiger partial charge in [-0.2, -0.15) is 5.10 Å². The highest BCUT2D eigenvalue weighted by molar-refractivity contribution is 7.92. The first-order chi connectivity index (χ1) is 48.9. The summed E-state index contributed by atoms with van der Waals surface area (Å²) in [7, 11) is -1.93. The Labute approximate surface area is 598 Å². The number of carbonyl (C=O) groups is 3. The van der Waals surface area contributed by atoms with Gasteiger partial charge in [0, 0.05) is 131 Å². The molecule has 15 rings (SSSR count). The van der Waals surface area contributed by atoms with Gasteiger partial charge >= 0.3 is 0 Å². The molecule has 0 N–H and O–H groups in total. The van der Waals surface area contributed by atoms with Gasteiger partial charge in [-0.15, -0.1) is 0 Å². The van der Waals surface area contributed by atoms with E-state index < -0.39 is 53.5 Å². The molecule has 6 aromatic carbocycles. The lowest BCUT2D eigenvalue weighted by molar-refractivity contribution is -0.0103. The molecule has 21 nitrogen and oxygen atoms in total. The molecule has 3 aromatic heterocycles. The molecule has 102 heavy (non-hydrogen) atoms. The summed E-state index contributed by atoms with van der Waals surface area (Å²) in [6, 6.07) is 44.4. The van der Waals surface area contributed by atoms with E-state index in [1.54, 1.807) is 79.0 Å². The van der Waals surface area contributed by atoms with Crippen LogP contribution in [0.3, 0.4) is 0 Å². The van der Waals surface area contributed by atoms with Crippen molar-refractivity contribution in [2.75, 3.05) is 73.0 Å². The third-order valence-corrected chi connectivity index (χ3v) is 23.4. The molecule has 0 unspecified atom stereocenters. The second kappa shape index (κ2) is 28.3. The minimum Gasteiger partial charge on any atom is -0.496 e. The predicted octanol–water partition coefficient (Wildman–Crippen LogP) is 12.8. The van der Waals surface area contributed by atoms with Gasteiger partial charge < -0.3 is 52.4 Å². The van der Waals surface area contributed by atoms with Crippen LogP contribution in [0.5, 0.6) is 34.5 Å². The number of aryl methyl sites for hydroxylation is 1. The summed E-state index contributed by atoms with van der Waals surface area (Å²) in [5.74, 6) is 2.30. The lowest BCUT2D eigenvalue weighted by Gasteiger charge is -2.45. The minimum absolute atomic E-state index is 0.0347. The van der Waals surface area contributed by atoms with Crippen molar-refractivity contribution in [3.8, 4) is 57.1 Å². The summed E-state index contributed by atoms with van der Waals surface area (Å²) >= 11 is 6.25. The van der Waals surface area contributed by atoms with Gasteiger partial charge in [-0.05, 0) is 143 Å². The molecule has 6 aliphatic rings. The summed E-state index contributed by atoms with van der Waals surface area (Å²) in [6.07, 6.45) is 8.81. The predicted molar refractivity (Wildman–Crippen MR) is 382 cm³/mol. The SMILES string of the molecule is CC(C)S(=O)(=O)c1ccc(C(=O)N2CCC3(CC2)Oc2ccccc2-c2c3cnn2C)cc1.COc1cc(C(=O)N2CCC3(CC2)Oc2cc(Cl)ccc2-n2cccc23)ccc1OCCOC(C)C.COc1cccc(F)c1C(=O)N1CCC2(CC1)Oc1ccccc1-n1c2ccc1S(C)(=O)=O. The first kappa shape index (κ1) is 70.8. The van der Waals surface area contributed by atoms with Crippen molar-refractivity contribution in [1.82, 2.24) is 33.6 Å². The van der Waals surface area contributed by atoms with E-state index in [0.717, 1.165) is 45.4 Å². The molecule has 0 radical (unpaired) electrons. The van der Waals surface area contributed by atoms with Crippen LogP contribution in [-0.2, 0) is 48.3 Å². The van der Waals surface area contributed by atoms with Gasteiger partial charge in [0.05, 0.1) is 71.7 Å². The smallest absolute Gasteiger partial charge is 0.260 e. The molecule has 3 spiro atoms. The van der Waals surface area contributed by atoms with Crippen molar-refractivity contribution in [3.05, 3.63) is 209 Å². The number of fused-ring (bicyclic) bond motifs is 12. The number of likely N-dealkylation sites (tertiary alicyclic amines) is 3. The van der Waals surface area contributed by atoms with Crippen LogP contribution in [0, 0.1) is 5.82 Å². The molecule has 534 valence electrons. The standard InChI is InChI=1S/C28H31ClN2O5.C25H27N3O4S.C24H23FN2O5S/c1-19(2)34-15-16-35-23-9-6-20(17-25(23)33-3)27(32)30-13-10-28(11-14-30)26-5-4-12-31(26)22-8-7-21(29)18-24(22)36-28;1-17(2)33(30,31)19-10-8-18(9-11-19)24(29)28-14-12-25(13-15-28)21-16-26-27(3)23(21)20-6-4-5-7-22(20)32-25;1-31-19-9-5-6-16(25)22(19)23(28)26-14-12-24(13-15-26)20-10-11-21(33(2,29)30)27(20)17-7-3-4-8-18(17)32-24/h4-9,12,17-19H,10-11,13-16H2,1-3H3;4-11,16-17H,12-15H2,1-3H3;3-11H,12-15H2,1-2H3. The molecule has 0 bridgehead atoms. The molecule has 0 saturated carbocycles. The normalized spacial score (nSPS) is 16.5. The van der Waals surface area contributed by atoms with Crippen molar-refractivity contribution in [2.45, 2.75) is 104 Å². The second-order valence-corrected chi connectivity index (χ2v) is 31.7. The van der Waals surface area contributed by atoms with Gasteiger partial charge in [0.2, 0.25) is 0 Å². The average Bonchev–Trinajstić information content (AvgIpc) is 1.50. The Morgan fingerprint density at radius 2 is 1.19 bits per heavy atom. The number of rotatable bonds is 13. The number of hydrogen-bond acceptors (Lipinski definition) is 15. The fraction of sp³-hybridized carbons (Fsp3) is 0.351. The minimum atomic E-state index is -3.48. The molecule has 3 saturated heterocycles. The van der Waals surface area contributed by atoms with E-state index in [1.807, 2.05) is 114 Å². The van der Waals surface area contributed by atoms with E-state index in [4.69, 9.17) is 44.8 Å². The number of para-hydroxylation sites is 3. The molecule has 0 aliphatic carbocycles. The van der Waals surface area contributed by atoms with E-state index in [0.29, 0.717) is 130 Å². The lowest BCUT2D eigenvalue weighted by atomic mass is 9.81. The maximum atomic E-state index is 14.5. The maximum Gasteiger partial charge on any atom is 0.260 e. The molecule has 3 fully saturated rings. The van der Waals surface area contributed by atoms with Crippen molar-refractivity contribution < 1.29 is 68.8 Å². The Balaban J connectivity index is 0.000000137. The molecule has 0 atom stereocenters. The zero-order chi connectivity index (χ0) is 72.0. The van der Waals surface area contributed by atoms with Crippen LogP contribution in [0.4, 0.5) is 4.39 Å². The van der Waals surface area contributed by atoms with Crippen LogP contribution in [0.1, 0.15) is 114 Å². The van der Waals surface area contributed by atoms with E-state index >= 15 is 0 Å². The lowest BCUT2D eigenvalue weighted by Crippen LogP contribution is -2.50. The van der Waals surface area contributed by atoms with Crippen molar-refractivity contribution >= 4 is 49.0 Å². The number of ether oxygens (including phenoxy) is 7. The Bertz CT molecular complexity index is 4890. The topological polar surface area (TPSA) is 221 Å². The Morgan fingerprint density at radius 3 is 1.84 bits per heavy atom. The largest absolute Gasteiger partial charge is 0.496 e. The van der Waals surface area contributed by atoms with Crippen molar-refractivity contribution in [3.63, 3.8) is 0 Å². The number of hydrogen-bond donors (Lipinski definition) is 0. The van der Waals surface area contributed by atoms with Gasteiger partial charge in [-0.3, -0.25) is 23.6 Å². The monoisotopic (exact) mass is 1450 g/mol. The molecule has 9 heterocycles. The van der Waals surface area contributed by atoms with Crippen LogP contribution < -0.4 is 28.4 Å². The van der Waals surface area contributed by atoms with Crippen LogP contribution in [0.25, 0.3) is 22.6 Å². The van der Waals surface area contributed by atoms with E-state index in [1.165, 1.54) is 37.6 Å². The highest BCUT2D eigenvalue weighted by Gasteiger charge is 2.49. The number of carbonyl (C=O) groups excluding carboxylic acids is 3. The number of benzene rings is 6. The molecule has 25 heteroatoms. The molecule has 6 aliphatic heterocycles. The average molecular weight is 1450 g/mol. The number of methoxy groups -OCH3 is 2. The van der Waals surface area contributed by atoms with Gasteiger partial charge in [0.25, 0.3) is 17.7 Å². The van der Waals surface area contributed by atoms with E-state index in [2.05, 4.69) is 21.9 Å². The molecule has 9 aromatic rings. The van der Waals surface area contributed by atoms with Crippen LogP contribution in [0.15, 0.2) is 174 Å². The number of amides is 3. The maximum absolute atomic E-state index is 14.5. The number of nitrogens with zero attached hydrogens (tertiary/aromatic N) is 7. The van der Waals surface area contributed by atoms with Gasteiger partial charge in [-0.25, -0.2) is 21.2 Å². The van der Waals surface area contributed by atoms with Crippen LogP contribution in [-0.4, -0.2) is 152 Å². The number of sulfone groups is 2. The third-order valence-electron chi connectivity index (χ3n) is 19.9. The van der Waals surface area contributed by atoms with Gasteiger partial charge in [-0.1, -0.05) is 41.9 Å². The third kappa shape index (κ3) is 13.4. The quantitative estimate of drug-likeness (QED) is 0.0979. The zero-order valence-electron chi connectivity index (χ0n) is 58.1. The van der Waals surface area contributed by atoms with Crippen molar-refractivity contribution in [2.24, 2.45) is 7.05 Å². The zero-order valence-corrected chi connectivity index (χ0v) is 60.4. The molecular formula is C77H81ClFN7O14S2. The Kier molecular flexibility index (Phi) is 19.7. The van der Waals surface area contributed by atoms with Crippen LogP contribution >= 0.6 is 11.6 Å². The van der Waals surface area contributed by atoms with Crippen molar-refractivity contribution in [1.29, 1.82) is 0 Å². The summed E-state index contributed by atoms with van der Waals surface area (Å²) in [6.45, 7) is 11.0. The fourth-order valence-corrected chi connectivity index (χ4v) is 16.6.